The Hall–Kier alpha value is -1.14. The summed E-state index contributed by atoms with van der Waals surface area (Å²) in [5.74, 6) is -1.57. The Morgan fingerprint density at radius 3 is 2.58 bits per heavy atom. The average Bonchev–Trinajstić information content (AvgIpc) is 2.65. The van der Waals surface area contributed by atoms with Gasteiger partial charge in [0.15, 0.2) is 6.10 Å². The Kier molecular flexibility index (Phi) is 5.15. The molecule has 19 heavy (non-hydrogen) atoms. The molecule has 2 aliphatic rings. The summed E-state index contributed by atoms with van der Waals surface area (Å²) in [6.45, 7) is 1.16. The summed E-state index contributed by atoms with van der Waals surface area (Å²) in [5, 5.41) is 12.1. The van der Waals surface area contributed by atoms with Crippen molar-refractivity contribution in [1.29, 1.82) is 0 Å². The van der Waals surface area contributed by atoms with E-state index in [4.69, 9.17) is 9.47 Å². The van der Waals surface area contributed by atoms with Crippen molar-refractivity contribution in [2.75, 3.05) is 19.8 Å². The number of carbonyl (C=O) groups excluding carboxylic acids is 1. The largest absolute Gasteiger partial charge is 0.481 e. The Bertz CT molecular complexity index is 327. The minimum atomic E-state index is -0.826. The number of carboxylic acid groups (broad SMARTS) is 1. The molecule has 0 spiro atoms. The summed E-state index contributed by atoms with van der Waals surface area (Å²) in [5.41, 5.74) is 0. The topological polar surface area (TPSA) is 84.9 Å². The third kappa shape index (κ3) is 3.91. The van der Waals surface area contributed by atoms with Gasteiger partial charge < -0.3 is 19.9 Å². The second kappa shape index (κ2) is 6.86. The summed E-state index contributed by atoms with van der Waals surface area (Å²) < 4.78 is 10.5. The maximum Gasteiger partial charge on any atom is 0.308 e. The van der Waals surface area contributed by atoms with Gasteiger partial charge in [0, 0.05) is 6.04 Å². The molecule has 0 aromatic rings. The van der Waals surface area contributed by atoms with Crippen molar-refractivity contribution in [3.63, 3.8) is 0 Å². The van der Waals surface area contributed by atoms with E-state index in [-0.39, 0.29) is 18.6 Å². The van der Waals surface area contributed by atoms with Gasteiger partial charge >= 0.3 is 5.97 Å². The van der Waals surface area contributed by atoms with Crippen molar-refractivity contribution >= 4 is 11.9 Å². The van der Waals surface area contributed by atoms with Crippen LogP contribution in [0.25, 0.3) is 0 Å². The average molecular weight is 271 g/mol. The molecule has 2 rings (SSSR count). The van der Waals surface area contributed by atoms with Gasteiger partial charge in [-0.05, 0) is 12.8 Å². The molecule has 3 atom stereocenters. The van der Waals surface area contributed by atoms with Crippen LogP contribution in [-0.4, -0.2) is 48.9 Å². The highest BCUT2D eigenvalue weighted by Crippen LogP contribution is 2.24. The highest BCUT2D eigenvalue weighted by molar-refractivity contribution is 5.82. The standard InChI is InChI=1S/C13H21NO5/c15-12(11-8-18-6-7-19-11)14-10-5-3-1-2-4-9(10)13(16)17/h9-11H,1-8H2,(H,14,15)(H,16,17). The Morgan fingerprint density at radius 1 is 1.11 bits per heavy atom. The lowest BCUT2D eigenvalue weighted by Gasteiger charge is -2.27. The molecule has 2 fully saturated rings. The smallest absolute Gasteiger partial charge is 0.308 e. The van der Waals surface area contributed by atoms with Gasteiger partial charge in [0.1, 0.15) is 0 Å². The Labute approximate surface area is 112 Å². The fraction of sp³-hybridized carbons (Fsp3) is 0.846. The normalized spacial score (nSPS) is 32.3. The number of hydrogen-bond acceptors (Lipinski definition) is 4. The molecule has 108 valence electrons. The lowest BCUT2D eigenvalue weighted by Crippen LogP contribution is -2.50. The van der Waals surface area contributed by atoms with Crippen LogP contribution < -0.4 is 5.32 Å². The second-order valence-electron chi connectivity index (χ2n) is 5.13. The van der Waals surface area contributed by atoms with Gasteiger partial charge in [-0.25, -0.2) is 0 Å². The zero-order valence-corrected chi connectivity index (χ0v) is 11.0. The van der Waals surface area contributed by atoms with E-state index in [1.807, 2.05) is 0 Å². The van der Waals surface area contributed by atoms with Crippen LogP contribution in [0.4, 0.5) is 0 Å². The summed E-state index contributed by atoms with van der Waals surface area (Å²) in [4.78, 5) is 23.3. The van der Waals surface area contributed by atoms with Crippen molar-refractivity contribution in [1.82, 2.24) is 5.32 Å². The van der Waals surface area contributed by atoms with Crippen molar-refractivity contribution in [2.24, 2.45) is 5.92 Å². The SMILES string of the molecule is O=C(NC1CCCCCC1C(=O)O)C1COCCO1. The quantitative estimate of drug-likeness (QED) is 0.732. The first-order valence-electron chi connectivity index (χ1n) is 6.91. The van der Waals surface area contributed by atoms with Crippen LogP contribution in [0.2, 0.25) is 0 Å². The highest BCUT2D eigenvalue weighted by atomic mass is 16.6. The summed E-state index contributed by atoms with van der Waals surface area (Å²) in [6, 6.07) is -0.293. The molecular formula is C13H21NO5. The monoisotopic (exact) mass is 271 g/mol. The van der Waals surface area contributed by atoms with Gasteiger partial charge in [-0.2, -0.15) is 0 Å². The van der Waals surface area contributed by atoms with Gasteiger partial charge in [-0.15, -0.1) is 0 Å². The molecule has 1 amide bonds. The molecule has 1 saturated carbocycles. The van der Waals surface area contributed by atoms with Crippen LogP contribution in [0.3, 0.4) is 0 Å². The van der Waals surface area contributed by atoms with Gasteiger partial charge in [0.05, 0.1) is 25.7 Å². The maximum atomic E-state index is 12.0. The van der Waals surface area contributed by atoms with E-state index in [0.717, 1.165) is 25.7 Å². The van der Waals surface area contributed by atoms with Gasteiger partial charge in [0.25, 0.3) is 5.91 Å². The minimum Gasteiger partial charge on any atom is -0.481 e. The van der Waals surface area contributed by atoms with E-state index in [1.165, 1.54) is 0 Å². The molecule has 0 bridgehead atoms. The highest BCUT2D eigenvalue weighted by Gasteiger charge is 2.33. The van der Waals surface area contributed by atoms with Crippen LogP contribution in [0.5, 0.6) is 0 Å². The molecule has 6 nitrogen and oxygen atoms in total. The lowest BCUT2D eigenvalue weighted by molar-refractivity contribution is -0.150. The molecule has 6 heteroatoms. The fourth-order valence-corrected chi connectivity index (χ4v) is 2.69. The lowest BCUT2D eigenvalue weighted by atomic mass is 9.94. The van der Waals surface area contributed by atoms with Crippen molar-refractivity contribution in [3.05, 3.63) is 0 Å². The minimum absolute atomic E-state index is 0.246. The molecule has 1 aliphatic heterocycles. The van der Waals surface area contributed by atoms with Gasteiger partial charge in [0.2, 0.25) is 0 Å². The van der Waals surface area contributed by atoms with Crippen LogP contribution >= 0.6 is 0 Å². The van der Waals surface area contributed by atoms with Crippen molar-refractivity contribution in [2.45, 2.75) is 44.2 Å². The maximum absolute atomic E-state index is 12.0. The van der Waals surface area contributed by atoms with Crippen LogP contribution in [-0.2, 0) is 19.1 Å². The summed E-state index contributed by atoms with van der Waals surface area (Å²) in [6.07, 6.45) is 3.63. The van der Waals surface area contributed by atoms with E-state index in [0.29, 0.717) is 19.6 Å². The first-order chi connectivity index (χ1) is 9.18. The summed E-state index contributed by atoms with van der Waals surface area (Å²) >= 11 is 0. The Morgan fingerprint density at radius 2 is 1.89 bits per heavy atom. The first-order valence-corrected chi connectivity index (χ1v) is 6.91. The number of nitrogens with one attached hydrogen (secondary N) is 1. The van der Waals surface area contributed by atoms with E-state index in [1.54, 1.807) is 0 Å². The van der Waals surface area contributed by atoms with E-state index >= 15 is 0 Å². The third-order valence-electron chi connectivity index (χ3n) is 3.77. The zero-order chi connectivity index (χ0) is 13.7. The molecule has 2 N–H and O–H groups in total. The molecule has 1 saturated heterocycles. The van der Waals surface area contributed by atoms with Gasteiger partial charge in [-0.3, -0.25) is 9.59 Å². The van der Waals surface area contributed by atoms with E-state index in [2.05, 4.69) is 5.32 Å². The molecule has 0 aromatic carbocycles. The van der Waals surface area contributed by atoms with Crippen LogP contribution in [0.15, 0.2) is 0 Å². The molecule has 0 radical (unpaired) electrons. The van der Waals surface area contributed by atoms with Crippen molar-refractivity contribution < 1.29 is 24.2 Å². The second-order valence-corrected chi connectivity index (χ2v) is 5.13. The van der Waals surface area contributed by atoms with E-state index < -0.39 is 18.0 Å². The van der Waals surface area contributed by atoms with Crippen molar-refractivity contribution in [3.8, 4) is 0 Å². The first kappa shape index (κ1) is 14.3. The molecule has 0 aromatic heterocycles. The number of aliphatic carboxylic acids is 1. The molecular weight excluding hydrogens is 250 g/mol. The number of carboxylic acids is 1. The number of amides is 1. The number of carbonyl (C=O) groups is 2. The van der Waals surface area contributed by atoms with E-state index in [9.17, 15) is 14.7 Å². The van der Waals surface area contributed by atoms with Crippen LogP contribution in [0, 0.1) is 5.92 Å². The third-order valence-corrected chi connectivity index (χ3v) is 3.77. The number of hydrogen-bond donors (Lipinski definition) is 2. The predicted octanol–water partition coefficient (Wildman–Crippen LogP) is 0.551. The van der Waals surface area contributed by atoms with Gasteiger partial charge in [-0.1, -0.05) is 19.3 Å². The zero-order valence-electron chi connectivity index (χ0n) is 11.0. The molecule has 1 aliphatic carbocycles. The summed E-state index contributed by atoms with van der Waals surface area (Å²) in [7, 11) is 0. The van der Waals surface area contributed by atoms with Crippen LogP contribution in [0.1, 0.15) is 32.1 Å². The number of ether oxygens (including phenoxy) is 2. The molecule has 3 unspecified atom stereocenters. The fourth-order valence-electron chi connectivity index (χ4n) is 2.69. The molecule has 1 heterocycles. The number of rotatable bonds is 3. The predicted molar refractivity (Wildman–Crippen MR) is 66.7 cm³/mol. The Balaban J connectivity index is 1.93.